The first kappa shape index (κ1) is 15.4. The van der Waals surface area contributed by atoms with Gasteiger partial charge in [-0.3, -0.25) is 19.7 Å². The van der Waals surface area contributed by atoms with Gasteiger partial charge in [0.05, 0.1) is 15.2 Å². The van der Waals surface area contributed by atoms with Crippen LogP contribution < -0.4 is 0 Å². The molecule has 1 aromatic heterocycles. The van der Waals surface area contributed by atoms with Gasteiger partial charge in [-0.25, -0.2) is 0 Å². The van der Waals surface area contributed by atoms with Gasteiger partial charge < -0.3 is 10.0 Å². The van der Waals surface area contributed by atoms with Crippen LogP contribution in [0.4, 0.5) is 5.69 Å². The predicted molar refractivity (Wildman–Crippen MR) is 84.7 cm³/mol. The second-order valence-corrected chi connectivity index (χ2v) is 7.02. The van der Waals surface area contributed by atoms with Gasteiger partial charge in [0.15, 0.2) is 0 Å². The van der Waals surface area contributed by atoms with Gasteiger partial charge in [0, 0.05) is 35.3 Å². The molecule has 2 heterocycles. The van der Waals surface area contributed by atoms with E-state index in [9.17, 15) is 24.8 Å². The van der Waals surface area contributed by atoms with Gasteiger partial charge in [0.25, 0.3) is 11.6 Å². The summed E-state index contributed by atoms with van der Waals surface area (Å²) in [6.45, 7) is 2.21. The van der Waals surface area contributed by atoms with Crippen molar-refractivity contribution < 1.29 is 19.6 Å². The summed E-state index contributed by atoms with van der Waals surface area (Å²) in [7, 11) is 0. The van der Waals surface area contributed by atoms with Crippen molar-refractivity contribution in [1.29, 1.82) is 0 Å². The molecule has 2 aromatic rings. The van der Waals surface area contributed by atoms with E-state index >= 15 is 0 Å². The number of benzene rings is 1. The van der Waals surface area contributed by atoms with Crippen LogP contribution >= 0.6 is 11.3 Å². The van der Waals surface area contributed by atoms with E-state index in [1.165, 1.54) is 28.4 Å². The lowest BCUT2D eigenvalue weighted by Crippen LogP contribution is -2.34. The number of nitrogens with zero attached hydrogens (tertiary/aromatic N) is 2. The Morgan fingerprint density at radius 1 is 1.39 bits per heavy atom. The maximum atomic E-state index is 12.6. The quantitative estimate of drug-likeness (QED) is 0.687. The molecular formula is C15H14N2O5S. The lowest BCUT2D eigenvalue weighted by Gasteiger charge is -2.19. The van der Waals surface area contributed by atoms with Gasteiger partial charge in [-0.1, -0.05) is 0 Å². The number of thiophene rings is 1. The minimum absolute atomic E-state index is 0.0195. The van der Waals surface area contributed by atoms with E-state index in [0.717, 1.165) is 4.70 Å². The molecule has 120 valence electrons. The molecule has 0 radical (unpaired) electrons. The number of nitro benzene ring substituents is 1. The molecule has 1 unspecified atom stereocenters. The molecule has 7 nitrogen and oxygen atoms in total. The number of carboxylic acid groups (broad SMARTS) is 1. The molecule has 1 aliphatic heterocycles. The number of carboxylic acids is 1. The fourth-order valence-electron chi connectivity index (χ4n) is 2.71. The summed E-state index contributed by atoms with van der Waals surface area (Å²) in [5.41, 5.74) is -0.931. The Labute approximate surface area is 135 Å². The van der Waals surface area contributed by atoms with Crippen LogP contribution in [0.3, 0.4) is 0 Å². The highest BCUT2D eigenvalue weighted by Gasteiger charge is 2.42. The molecule has 1 fully saturated rings. The van der Waals surface area contributed by atoms with E-state index in [2.05, 4.69) is 0 Å². The number of non-ortho nitro benzene ring substituents is 1. The first-order valence-corrected chi connectivity index (χ1v) is 7.82. The van der Waals surface area contributed by atoms with Gasteiger partial charge in [-0.2, -0.15) is 0 Å². The van der Waals surface area contributed by atoms with Gasteiger partial charge in [0.2, 0.25) is 0 Å². The number of fused-ring (bicyclic) bond motifs is 1. The minimum atomic E-state index is -0.912. The lowest BCUT2D eigenvalue weighted by atomic mass is 9.90. The average molecular weight is 334 g/mol. The summed E-state index contributed by atoms with van der Waals surface area (Å²) in [5.74, 6) is -1.13. The molecule has 0 bridgehead atoms. The van der Waals surface area contributed by atoms with Gasteiger partial charge in [-0.05, 0) is 25.5 Å². The molecule has 0 spiro atoms. The summed E-state index contributed by atoms with van der Waals surface area (Å²) in [4.78, 5) is 36.2. The summed E-state index contributed by atoms with van der Waals surface area (Å²) >= 11 is 1.26. The van der Waals surface area contributed by atoms with Crippen LogP contribution in [-0.2, 0) is 4.79 Å². The van der Waals surface area contributed by atoms with E-state index in [1.54, 1.807) is 19.1 Å². The Morgan fingerprint density at radius 3 is 2.74 bits per heavy atom. The minimum Gasteiger partial charge on any atom is -0.481 e. The number of nitro groups is 1. The second kappa shape index (κ2) is 5.31. The predicted octanol–water partition coefficient (Wildman–Crippen LogP) is 2.75. The zero-order valence-electron chi connectivity index (χ0n) is 12.3. The van der Waals surface area contributed by atoms with Crippen LogP contribution in [0.2, 0.25) is 0 Å². The molecule has 3 rings (SSSR count). The van der Waals surface area contributed by atoms with Gasteiger partial charge in [0.1, 0.15) is 0 Å². The number of carbonyl (C=O) groups is 2. The van der Waals surface area contributed by atoms with E-state index in [1.807, 2.05) is 0 Å². The fraction of sp³-hybridized carbons (Fsp3) is 0.333. The van der Waals surface area contributed by atoms with Crippen molar-refractivity contribution in [3.8, 4) is 0 Å². The van der Waals surface area contributed by atoms with E-state index in [0.29, 0.717) is 23.2 Å². The molecule has 1 saturated heterocycles. The summed E-state index contributed by atoms with van der Waals surface area (Å²) in [5, 5.41) is 20.7. The smallest absolute Gasteiger partial charge is 0.311 e. The maximum Gasteiger partial charge on any atom is 0.311 e. The molecule has 8 heteroatoms. The van der Waals surface area contributed by atoms with Crippen molar-refractivity contribution in [2.75, 3.05) is 13.1 Å². The molecule has 1 atom stereocenters. The normalized spacial score (nSPS) is 20.8. The van der Waals surface area contributed by atoms with E-state index in [4.69, 9.17) is 0 Å². The van der Waals surface area contributed by atoms with Crippen LogP contribution in [0.5, 0.6) is 0 Å². The van der Waals surface area contributed by atoms with E-state index < -0.39 is 16.3 Å². The number of hydrogen-bond acceptors (Lipinski definition) is 5. The highest BCUT2D eigenvalue weighted by Crippen LogP contribution is 2.34. The summed E-state index contributed by atoms with van der Waals surface area (Å²) < 4.78 is 0.791. The van der Waals surface area contributed by atoms with Crippen molar-refractivity contribution in [1.82, 2.24) is 4.90 Å². The highest BCUT2D eigenvalue weighted by atomic mass is 32.1. The molecule has 0 aliphatic carbocycles. The summed E-state index contributed by atoms with van der Waals surface area (Å²) in [6.07, 6.45) is 0.421. The Kier molecular flexibility index (Phi) is 3.56. The standard InChI is InChI=1S/C15H14N2O5S/c1-15(14(19)20)4-5-16(8-15)13(18)12-7-9-6-10(17(21)22)2-3-11(9)23-12/h2-3,6-7H,4-5,8H2,1H3,(H,19,20). The van der Waals surface area contributed by atoms with Crippen LogP contribution in [0, 0.1) is 15.5 Å². The fourth-order valence-corrected chi connectivity index (χ4v) is 3.73. The zero-order chi connectivity index (χ0) is 16.8. The van der Waals surface area contributed by atoms with Crippen LogP contribution in [0.1, 0.15) is 23.0 Å². The number of aliphatic carboxylic acids is 1. The highest BCUT2D eigenvalue weighted by molar-refractivity contribution is 7.20. The van der Waals surface area contributed by atoms with Crippen molar-refractivity contribution >= 4 is 39.0 Å². The van der Waals surface area contributed by atoms with Gasteiger partial charge in [-0.15, -0.1) is 11.3 Å². The van der Waals surface area contributed by atoms with Crippen molar-refractivity contribution in [2.45, 2.75) is 13.3 Å². The Morgan fingerprint density at radius 2 is 2.13 bits per heavy atom. The number of likely N-dealkylation sites (tertiary alicyclic amines) is 1. The molecule has 23 heavy (non-hydrogen) atoms. The van der Waals surface area contributed by atoms with Crippen LogP contribution in [-0.4, -0.2) is 39.9 Å². The number of rotatable bonds is 3. The number of carbonyl (C=O) groups excluding carboxylic acids is 1. The third-order valence-corrected chi connectivity index (χ3v) is 5.30. The summed E-state index contributed by atoms with van der Waals surface area (Å²) in [6, 6.07) is 6.10. The molecule has 1 aliphatic rings. The molecule has 1 aromatic carbocycles. The topological polar surface area (TPSA) is 101 Å². The largest absolute Gasteiger partial charge is 0.481 e. The van der Waals surface area contributed by atoms with Crippen molar-refractivity contribution in [2.24, 2.45) is 5.41 Å². The third kappa shape index (κ3) is 2.65. The Hall–Kier alpha value is -2.48. The van der Waals surface area contributed by atoms with Crippen molar-refractivity contribution in [3.05, 3.63) is 39.3 Å². The van der Waals surface area contributed by atoms with Crippen LogP contribution in [0.25, 0.3) is 10.1 Å². The lowest BCUT2D eigenvalue weighted by molar-refractivity contribution is -0.384. The number of hydrogen-bond donors (Lipinski definition) is 1. The van der Waals surface area contributed by atoms with Crippen LogP contribution in [0.15, 0.2) is 24.3 Å². The molecule has 1 N–H and O–H groups in total. The van der Waals surface area contributed by atoms with E-state index in [-0.39, 0.29) is 18.1 Å². The second-order valence-electron chi connectivity index (χ2n) is 5.93. The molecule has 1 amide bonds. The number of amides is 1. The average Bonchev–Trinajstić information content (AvgIpc) is 3.10. The van der Waals surface area contributed by atoms with Crippen molar-refractivity contribution in [3.63, 3.8) is 0 Å². The maximum absolute atomic E-state index is 12.6. The van der Waals surface area contributed by atoms with Gasteiger partial charge >= 0.3 is 5.97 Å². The first-order chi connectivity index (χ1) is 10.8. The first-order valence-electron chi connectivity index (χ1n) is 7.01. The monoisotopic (exact) mass is 334 g/mol. The Balaban J connectivity index is 1.87. The Bertz CT molecular complexity index is 830. The molecular weight excluding hydrogens is 320 g/mol. The SMILES string of the molecule is CC1(C(=O)O)CCN(C(=O)c2cc3cc([N+](=O)[O-])ccc3s2)C1. The zero-order valence-corrected chi connectivity index (χ0v) is 13.1. The molecule has 0 saturated carbocycles. The third-order valence-electron chi connectivity index (χ3n) is 4.20.